The lowest BCUT2D eigenvalue weighted by Crippen LogP contribution is -2.38. The standard InChI is InChI=1S/C12H17ClN2O2S/c1-9-11(13)4-3-5-12(9)18(16,17)15(2)10-6-7-14-8-10/h3-5,10,14H,6-8H2,1-2H3/t10-/m1/s1. The highest BCUT2D eigenvalue weighted by molar-refractivity contribution is 7.89. The van der Waals surface area contributed by atoms with Gasteiger partial charge in [0.1, 0.15) is 0 Å². The van der Waals surface area contributed by atoms with Gasteiger partial charge in [0.25, 0.3) is 0 Å². The van der Waals surface area contributed by atoms with Gasteiger partial charge in [0, 0.05) is 24.7 Å². The lowest BCUT2D eigenvalue weighted by atomic mass is 10.2. The third kappa shape index (κ3) is 2.40. The Hall–Kier alpha value is -0.620. The van der Waals surface area contributed by atoms with Gasteiger partial charge in [0.15, 0.2) is 0 Å². The number of nitrogens with one attached hydrogen (secondary N) is 1. The van der Waals surface area contributed by atoms with E-state index in [2.05, 4.69) is 5.32 Å². The Bertz CT molecular complexity index is 539. The largest absolute Gasteiger partial charge is 0.315 e. The van der Waals surface area contributed by atoms with E-state index in [9.17, 15) is 8.42 Å². The van der Waals surface area contributed by atoms with Crippen LogP contribution in [-0.2, 0) is 10.0 Å². The average molecular weight is 289 g/mol. The zero-order chi connectivity index (χ0) is 13.3. The van der Waals surface area contributed by atoms with E-state index in [1.807, 2.05) is 0 Å². The molecule has 1 atom stereocenters. The predicted octanol–water partition coefficient (Wildman–Crippen LogP) is 1.63. The second kappa shape index (κ2) is 5.17. The van der Waals surface area contributed by atoms with Gasteiger partial charge in [0.05, 0.1) is 4.90 Å². The van der Waals surface area contributed by atoms with E-state index < -0.39 is 10.0 Å². The van der Waals surface area contributed by atoms with Crippen molar-refractivity contribution in [3.05, 3.63) is 28.8 Å². The molecule has 0 amide bonds. The fourth-order valence-corrected chi connectivity index (χ4v) is 4.03. The first kappa shape index (κ1) is 13.8. The molecule has 18 heavy (non-hydrogen) atoms. The molecule has 1 heterocycles. The van der Waals surface area contributed by atoms with Crippen molar-refractivity contribution >= 4 is 21.6 Å². The molecule has 0 unspecified atom stereocenters. The van der Waals surface area contributed by atoms with E-state index in [4.69, 9.17) is 11.6 Å². The van der Waals surface area contributed by atoms with Gasteiger partial charge >= 0.3 is 0 Å². The number of rotatable bonds is 3. The molecule has 1 aromatic carbocycles. The van der Waals surface area contributed by atoms with Crippen LogP contribution >= 0.6 is 11.6 Å². The van der Waals surface area contributed by atoms with Crippen molar-refractivity contribution in [2.24, 2.45) is 0 Å². The van der Waals surface area contributed by atoms with Crippen molar-refractivity contribution in [2.75, 3.05) is 20.1 Å². The molecule has 2 rings (SSSR count). The van der Waals surface area contributed by atoms with Crippen molar-refractivity contribution in [3.8, 4) is 0 Å². The van der Waals surface area contributed by atoms with Crippen molar-refractivity contribution in [1.82, 2.24) is 9.62 Å². The van der Waals surface area contributed by atoms with E-state index >= 15 is 0 Å². The van der Waals surface area contributed by atoms with Crippen LogP contribution in [0.25, 0.3) is 0 Å². The van der Waals surface area contributed by atoms with Crippen LogP contribution in [0.15, 0.2) is 23.1 Å². The first-order valence-electron chi connectivity index (χ1n) is 5.88. The highest BCUT2D eigenvalue weighted by atomic mass is 35.5. The van der Waals surface area contributed by atoms with Crippen LogP contribution < -0.4 is 5.32 Å². The molecule has 1 aromatic rings. The Morgan fingerprint density at radius 3 is 2.78 bits per heavy atom. The molecule has 100 valence electrons. The molecular weight excluding hydrogens is 272 g/mol. The topological polar surface area (TPSA) is 49.4 Å². The van der Waals surface area contributed by atoms with Crippen LogP contribution in [0.1, 0.15) is 12.0 Å². The minimum absolute atomic E-state index is 0.0216. The first-order valence-corrected chi connectivity index (χ1v) is 7.70. The van der Waals surface area contributed by atoms with E-state index in [1.165, 1.54) is 4.31 Å². The molecule has 1 saturated heterocycles. The second-order valence-electron chi connectivity index (χ2n) is 4.53. The average Bonchev–Trinajstić information content (AvgIpc) is 2.85. The number of halogens is 1. The summed E-state index contributed by atoms with van der Waals surface area (Å²) >= 11 is 5.99. The molecule has 0 bridgehead atoms. The Morgan fingerprint density at radius 1 is 1.44 bits per heavy atom. The predicted molar refractivity (Wildman–Crippen MR) is 72.4 cm³/mol. The van der Waals surface area contributed by atoms with Crippen LogP contribution in [-0.4, -0.2) is 38.9 Å². The summed E-state index contributed by atoms with van der Waals surface area (Å²) in [5.41, 5.74) is 0.608. The first-order chi connectivity index (χ1) is 8.44. The molecule has 4 nitrogen and oxygen atoms in total. The maximum absolute atomic E-state index is 12.5. The molecular formula is C12H17ClN2O2S. The quantitative estimate of drug-likeness (QED) is 0.920. The zero-order valence-electron chi connectivity index (χ0n) is 10.5. The summed E-state index contributed by atoms with van der Waals surface area (Å²) < 4.78 is 26.5. The lowest BCUT2D eigenvalue weighted by molar-refractivity contribution is 0.387. The van der Waals surface area contributed by atoms with Crippen LogP contribution in [0.4, 0.5) is 0 Å². The smallest absolute Gasteiger partial charge is 0.243 e. The summed E-state index contributed by atoms with van der Waals surface area (Å²) in [6.45, 7) is 3.30. The highest BCUT2D eigenvalue weighted by Gasteiger charge is 2.31. The molecule has 1 aliphatic heterocycles. The van der Waals surface area contributed by atoms with Gasteiger partial charge in [-0.3, -0.25) is 0 Å². The van der Waals surface area contributed by atoms with Crippen LogP contribution in [0.3, 0.4) is 0 Å². The Kier molecular flexibility index (Phi) is 3.96. The van der Waals surface area contributed by atoms with Gasteiger partial charge in [-0.05, 0) is 37.6 Å². The van der Waals surface area contributed by atoms with Crippen molar-refractivity contribution in [1.29, 1.82) is 0 Å². The van der Waals surface area contributed by atoms with Crippen LogP contribution in [0.2, 0.25) is 5.02 Å². The minimum atomic E-state index is -3.47. The molecule has 0 radical (unpaired) electrons. The fourth-order valence-electron chi connectivity index (χ4n) is 2.17. The number of nitrogens with zero attached hydrogens (tertiary/aromatic N) is 1. The van der Waals surface area contributed by atoms with E-state index in [1.54, 1.807) is 32.2 Å². The SMILES string of the molecule is Cc1c(Cl)cccc1S(=O)(=O)N(C)[C@@H]1CCNC1. The maximum atomic E-state index is 12.5. The summed E-state index contributed by atoms with van der Waals surface area (Å²) in [6, 6.07) is 5.00. The molecule has 1 aliphatic rings. The van der Waals surface area contributed by atoms with Gasteiger partial charge in [0.2, 0.25) is 10.0 Å². The third-order valence-corrected chi connectivity index (χ3v) is 5.89. The number of likely N-dealkylation sites (N-methyl/N-ethyl adjacent to an activating group) is 1. The van der Waals surface area contributed by atoms with Gasteiger partial charge in [-0.1, -0.05) is 17.7 Å². The zero-order valence-corrected chi connectivity index (χ0v) is 12.1. The number of benzene rings is 1. The molecule has 1 N–H and O–H groups in total. The van der Waals surface area contributed by atoms with E-state index in [-0.39, 0.29) is 6.04 Å². The third-order valence-electron chi connectivity index (χ3n) is 3.42. The number of hydrogen-bond acceptors (Lipinski definition) is 3. The van der Waals surface area contributed by atoms with Crippen LogP contribution in [0, 0.1) is 6.92 Å². The summed E-state index contributed by atoms with van der Waals surface area (Å²) in [6.07, 6.45) is 0.843. The number of sulfonamides is 1. The van der Waals surface area contributed by atoms with Gasteiger partial charge in [-0.15, -0.1) is 0 Å². The lowest BCUT2D eigenvalue weighted by Gasteiger charge is -2.24. The number of hydrogen-bond donors (Lipinski definition) is 1. The molecule has 1 fully saturated rings. The molecule has 0 aromatic heterocycles. The summed E-state index contributed by atoms with van der Waals surface area (Å²) in [5, 5.41) is 3.65. The van der Waals surface area contributed by atoms with Crippen molar-refractivity contribution < 1.29 is 8.42 Å². The molecule has 0 aliphatic carbocycles. The second-order valence-corrected chi connectivity index (χ2v) is 6.90. The fraction of sp³-hybridized carbons (Fsp3) is 0.500. The van der Waals surface area contributed by atoms with E-state index in [0.717, 1.165) is 13.0 Å². The van der Waals surface area contributed by atoms with Gasteiger partial charge in [-0.2, -0.15) is 4.31 Å². The molecule has 0 spiro atoms. The van der Waals surface area contributed by atoms with Crippen molar-refractivity contribution in [3.63, 3.8) is 0 Å². The minimum Gasteiger partial charge on any atom is -0.315 e. The van der Waals surface area contributed by atoms with Crippen molar-refractivity contribution in [2.45, 2.75) is 24.3 Å². The van der Waals surface area contributed by atoms with Gasteiger partial charge in [-0.25, -0.2) is 8.42 Å². The highest BCUT2D eigenvalue weighted by Crippen LogP contribution is 2.26. The maximum Gasteiger partial charge on any atom is 0.243 e. The summed E-state index contributed by atoms with van der Waals surface area (Å²) in [4.78, 5) is 0.296. The summed E-state index contributed by atoms with van der Waals surface area (Å²) in [7, 11) is -1.83. The molecule has 0 saturated carbocycles. The Morgan fingerprint density at radius 2 is 2.17 bits per heavy atom. The summed E-state index contributed by atoms with van der Waals surface area (Å²) in [5.74, 6) is 0. The normalized spacial score (nSPS) is 20.6. The molecule has 6 heteroatoms. The van der Waals surface area contributed by atoms with Crippen LogP contribution in [0.5, 0.6) is 0 Å². The van der Waals surface area contributed by atoms with E-state index in [0.29, 0.717) is 22.0 Å². The Labute approximate surface area is 113 Å². The monoisotopic (exact) mass is 288 g/mol. The van der Waals surface area contributed by atoms with Gasteiger partial charge < -0.3 is 5.32 Å². The Balaban J connectivity index is 2.38.